The number of hydrogen-bond acceptors (Lipinski definition) is 2. The average Bonchev–Trinajstić information content (AvgIpc) is 2.16. The summed E-state index contributed by atoms with van der Waals surface area (Å²) in [6, 6.07) is 7.68. The van der Waals surface area contributed by atoms with Gasteiger partial charge in [0.05, 0.1) is 0 Å². The van der Waals surface area contributed by atoms with Crippen LogP contribution in [-0.2, 0) is 0 Å². The Hall–Kier alpha value is -1.51. The van der Waals surface area contributed by atoms with Crippen molar-refractivity contribution in [3.8, 4) is 5.75 Å². The molecule has 1 rings (SSSR count). The van der Waals surface area contributed by atoms with E-state index in [0.717, 1.165) is 5.56 Å². The zero-order valence-electron chi connectivity index (χ0n) is 10.3. The molecular weight excluding hydrogens is 202 g/mol. The van der Waals surface area contributed by atoms with Crippen LogP contribution >= 0.6 is 0 Å². The summed E-state index contributed by atoms with van der Waals surface area (Å²) in [5.74, 6) is 1.01. The van der Waals surface area contributed by atoms with E-state index >= 15 is 0 Å². The normalized spacial score (nSPS) is 10.6. The highest BCUT2D eigenvalue weighted by Gasteiger charge is 2.07. The minimum atomic E-state index is -0.407. The number of nitrogens with one attached hydrogen (secondary N) is 1. The largest absolute Gasteiger partial charge is 0.412 e. The first-order valence-corrected chi connectivity index (χ1v) is 5.57. The second-order valence-electron chi connectivity index (χ2n) is 4.42. The fraction of sp³-hybridized carbons (Fsp3) is 0.462. The Morgan fingerprint density at radius 3 is 2.50 bits per heavy atom. The molecule has 0 atom stereocenters. The lowest BCUT2D eigenvalue weighted by atomic mass is 10.0. The molecule has 3 heteroatoms. The van der Waals surface area contributed by atoms with Crippen LogP contribution in [0.15, 0.2) is 24.3 Å². The van der Waals surface area contributed by atoms with E-state index in [4.69, 9.17) is 4.74 Å². The number of rotatable bonds is 3. The molecule has 3 nitrogen and oxygen atoms in total. The second kappa shape index (κ2) is 5.54. The molecule has 88 valence electrons. The standard InChI is InChI=1S/C13H19NO2/c1-9(2)11-6-5-7-12(8-11)16-13(15)14-10(3)4/h5-10H,1-4H3,(H,14,15). The van der Waals surface area contributed by atoms with E-state index in [2.05, 4.69) is 19.2 Å². The van der Waals surface area contributed by atoms with Gasteiger partial charge in [0, 0.05) is 6.04 Å². The number of ether oxygens (including phenoxy) is 1. The highest BCUT2D eigenvalue weighted by molar-refractivity contribution is 5.70. The van der Waals surface area contributed by atoms with Gasteiger partial charge < -0.3 is 10.1 Å². The fourth-order valence-corrected chi connectivity index (χ4v) is 1.31. The first-order valence-electron chi connectivity index (χ1n) is 5.57. The van der Waals surface area contributed by atoms with E-state index in [-0.39, 0.29) is 6.04 Å². The molecule has 0 radical (unpaired) electrons. The van der Waals surface area contributed by atoms with Crippen LogP contribution in [-0.4, -0.2) is 12.1 Å². The molecule has 0 aliphatic rings. The summed E-state index contributed by atoms with van der Waals surface area (Å²) in [5.41, 5.74) is 1.16. The van der Waals surface area contributed by atoms with Crippen LogP contribution in [0.1, 0.15) is 39.2 Å². The number of hydrogen-bond donors (Lipinski definition) is 1. The van der Waals surface area contributed by atoms with Crippen molar-refractivity contribution in [1.29, 1.82) is 0 Å². The van der Waals surface area contributed by atoms with Gasteiger partial charge in [-0.2, -0.15) is 0 Å². The third-order valence-corrected chi connectivity index (χ3v) is 2.14. The van der Waals surface area contributed by atoms with E-state index in [0.29, 0.717) is 11.7 Å². The van der Waals surface area contributed by atoms with Crippen molar-refractivity contribution >= 4 is 6.09 Å². The van der Waals surface area contributed by atoms with Crippen LogP contribution in [0.2, 0.25) is 0 Å². The third-order valence-electron chi connectivity index (χ3n) is 2.14. The first-order chi connectivity index (χ1) is 7.49. The van der Waals surface area contributed by atoms with Gasteiger partial charge in [-0.3, -0.25) is 0 Å². The molecule has 1 amide bonds. The lowest BCUT2D eigenvalue weighted by Gasteiger charge is -2.11. The Balaban J connectivity index is 2.67. The average molecular weight is 221 g/mol. The first kappa shape index (κ1) is 12.6. The molecule has 0 aliphatic heterocycles. The van der Waals surface area contributed by atoms with Crippen molar-refractivity contribution in [3.05, 3.63) is 29.8 Å². The van der Waals surface area contributed by atoms with Gasteiger partial charge in [0.2, 0.25) is 0 Å². The van der Waals surface area contributed by atoms with E-state index in [1.807, 2.05) is 32.0 Å². The van der Waals surface area contributed by atoms with Gasteiger partial charge in [0.25, 0.3) is 0 Å². The molecule has 0 heterocycles. The minimum absolute atomic E-state index is 0.0841. The Bertz CT molecular complexity index is 359. The lowest BCUT2D eigenvalue weighted by molar-refractivity contribution is 0.197. The smallest absolute Gasteiger partial charge is 0.410 e. The van der Waals surface area contributed by atoms with Crippen LogP contribution in [0.25, 0.3) is 0 Å². The summed E-state index contributed by atoms with van der Waals surface area (Å²) in [4.78, 5) is 11.4. The topological polar surface area (TPSA) is 38.3 Å². The fourth-order valence-electron chi connectivity index (χ4n) is 1.31. The summed E-state index contributed by atoms with van der Waals surface area (Å²) in [6.45, 7) is 8.00. The minimum Gasteiger partial charge on any atom is -0.410 e. The number of carbonyl (C=O) groups excluding carboxylic acids is 1. The number of carbonyl (C=O) groups is 1. The van der Waals surface area contributed by atoms with Gasteiger partial charge in [0.1, 0.15) is 5.75 Å². The van der Waals surface area contributed by atoms with Gasteiger partial charge in [0.15, 0.2) is 0 Å². The van der Waals surface area contributed by atoms with Crippen molar-refractivity contribution in [2.24, 2.45) is 0 Å². The molecule has 1 aromatic carbocycles. The molecule has 0 fully saturated rings. The van der Waals surface area contributed by atoms with Gasteiger partial charge >= 0.3 is 6.09 Å². The summed E-state index contributed by atoms with van der Waals surface area (Å²) in [6.07, 6.45) is -0.407. The molecule has 1 N–H and O–H groups in total. The van der Waals surface area contributed by atoms with Gasteiger partial charge in [-0.05, 0) is 37.5 Å². The Morgan fingerprint density at radius 2 is 1.94 bits per heavy atom. The highest BCUT2D eigenvalue weighted by atomic mass is 16.6. The molecule has 0 saturated carbocycles. The van der Waals surface area contributed by atoms with E-state index in [1.54, 1.807) is 6.07 Å². The van der Waals surface area contributed by atoms with E-state index in [1.165, 1.54) is 0 Å². The second-order valence-corrected chi connectivity index (χ2v) is 4.42. The van der Waals surface area contributed by atoms with Crippen molar-refractivity contribution in [3.63, 3.8) is 0 Å². The summed E-state index contributed by atoms with van der Waals surface area (Å²) < 4.78 is 5.17. The van der Waals surface area contributed by atoms with Crippen LogP contribution in [0.5, 0.6) is 5.75 Å². The summed E-state index contributed by atoms with van der Waals surface area (Å²) in [5, 5.41) is 2.68. The molecule has 0 aliphatic carbocycles. The molecule has 0 unspecified atom stereocenters. The van der Waals surface area contributed by atoms with Gasteiger partial charge in [-0.15, -0.1) is 0 Å². The van der Waals surface area contributed by atoms with Crippen LogP contribution in [0.3, 0.4) is 0 Å². The number of benzene rings is 1. The van der Waals surface area contributed by atoms with Gasteiger partial charge in [-0.25, -0.2) is 4.79 Å². The van der Waals surface area contributed by atoms with E-state index < -0.39 is 6.09 Å². The Morgan fingerprint density at radius 1 is 1.25 bits per heavy atom. The monoisotopic (exact) mass is 221 g/mol. The molecule has 0 saturated heterocycles. The quantitative estimate of drug-likeness (QED) is 0.850. The predicted molar refractivity (Wildman–Crippen MR) is 64.8 cm³/mol. The predicted octanol–water partition coefficient (Wildman–Crippen LogP) is 3.31. The molecular formula is C13H19NO2. The van der Waals surface area contributed by atoms with Crippen molar-refractivity contribution < 1.29 is 9.53 Å². The SMILES string of the molecule is CC(C)NC(=O)Oc1cccc(C(C)C)c1. The van der Waals surface area contributed by atoms with Crippen LogP contribution < -0.4 is 10.1 Å². The molecule has 16 heavy (non-hydrogen) atoms. The molecule has 1 aromatic rings. The van der Waals surface area contributed by atoms with Crippen molar-refractivity contribution in [2.75, 3.05) is 0 Å². The maximum absolute atomic E-state index is 11.4. The molecule has 0 bridgehead atoms. The third kappa shape index (κ3) is 3.93. The van der Waals surface area contributed by atoms with Crippen LogP contribution in [0, 0.1) is 0 Å². The maximum atomic E-state index is 11.4. The zero-order valence-corrected chi connectivity index (χ0v) is 10.3. The molecule has 0 aromatic heterocycles. The van der Waals surface area contributed by atoms with Crippen LogP contribution in [0.4, 0.5) is 4.79 Å². The Labute approximate surface area is 96.8 Å². The van der Waals surface area contributed by atoms with E-state index in [9.17, 15) is 4.79 Å². The lowest BCUT2D eigenvalue weighted by Crippen LogP contribution is -2.32. The zero-order chi connectivity index (χ0) is 12.1. The summed E-state index contributed by atoms with van der Waals surface area (Å²) in [7, 11) is 0. The number of amides is 1. The van der Waals surface area contributed by atoms with Crippen molar-refractivity contribution in [2.45, 2.75) is 39.7 Å². The maximum Gasteiger partial charge on any atom is 0.412 e. The highest BCUT2D eigenvalue weighted by Crippen LogP contribution is 2.20. The molecule has 0 spiro atoms. The van der Waals surface area contributed by atoms with Crippen molar-refractivity contribution in [1.82, 2.24) is 5.32 Å². The van der Waals surface area contributed by atoms with Gasteiger partial charge in [-0.1, -0.05) is 26.0 Å². The summed E-state index contributed by atoms with van der Waals surface area (Å²) >= 11 is 0. The Kier molecular flexibility index (Phi) is 4.35.